The summed E-state index contributed by atoms with van der Waals surface area (Å²) in [6.45, 7) is 8.31. The van der Waals surface area contributed by atoms with Crippen LogP contribution in [0.5, 0.6) is 0 Å². The lowest BCUT2D eigenvalue weighted by Gasteiger charge is -2.24. The van der Waals surface area contributed by atoms with E-state index in [2.05, 4.69) is 17.0 Å². The smallest absolute Gasteiger partial charge is 0.380 e. The van der Waals surface area contributed by atoms with Crippen molar-refractivity contribution in [1.29, 1.82) is 0 Å². The van der Waals surface area contributed by atoms with E-state index in [1.807, 2.05) is 6.92 Å². The van der Waals surface area contributed by atoms with Crippen LogP contribution in [0.3, 0.4) is 0 Å². The summed E-state index contributed by atoms with van der Waals surface area (Å²) in [6, 6.07) is 5.57. The highest BCUT2D eigenvalue weighted by Crippen LogP contribution is 2.31. The van der Waals surface area contributed by atoms with Gasteiger partial charge in [-0.1, -0.05) is 24.6 Å². The number of nitrogens with one attached hydrogen (secondary N) is 1. The number of nitrogens with two attached hydrogens (primary N) is 1. The monoisotopic (exact) mass is 438 g/mol. The first-order valence-electron chi connectivity index (χ1n) is 9.77. The number of halogens is 3. The maximum Gasteiger partial charge on any atom is 0.432 e. The van der Waals surface area contributed by atoms with Gasteiger partial charge in [0.05, 0.1) is 12.3 Å². The maximum atomic E-state index is 13.5. The van der Waals surface area contributed by atoms with Crippen molar-refractivity contribution in [3.8, 4) is 0 Å². The van der Waals surface area contributed by atoms with E-state index in [9.17, 15) is 18.0 Å². The minimum absolute atomic E-state index is 0.0462. The van der Waals surface area contributed by atoms with Gasteiger partial charge in [0.2, 0.25) is 0 Å². The molecule has 0 aliphatic heterocycles. The van der Waals surface area contributed by atoms with Gasteiger partial charge in [0, 0.05) is 24.9 Å². The van der Waals surface area contributed by atoms with Crippen LogP contribution in [-0.4, -0.2) is 38.6 Å². The Labute approximate surface area is 180 Å². The SMILES string of the molecule is C=N/C=C\C=C(/C)C/C=C(\N(N)c1ccc(C(=O)NCCOCCC)cc1)C(F)(F)F. The van der Waals surface area contributed by atoms with Crippen molar-refractivity contribution in [2.45, 2.75) is 32.9 Å². The van der Waals surface area contributed by atoms with Gasteiger partial charge in [0.1, 0.15) is 5.70 Å². The number of anilines is 1. The maximum absolute atomic E-state index is 13.5. The molecule has 1 aromatic rings. The minimum atomic E-state index is -4.65. The van der Waals surface area contributed by atoms with Gasteiger partial charge in [-0.05, 0) is 56.8 Å². The van der Waals surface area contributed by atoms with Crippen molar-refractivity contribution in [3.05, 3.63) is 65.5 Å². The Morgan fingerprint density at radius 1 is 1.29 bits per heavy atom. The number of ether oxygens (including phenoxy) is 1. The largest absolute Gasteiger partial charge is 0.432 e. The van der Waals surface area contributed by atoms with E-state index in [4.69, 9.17) is 10.6 Å². The second-order valence-corrected chi connectivity index (χ2v) is 6.61. The lowest BCUT2D eigenvalue weighted by atomic mass is 10.1. The number of hydrazine groups is 1. The molecule has 0 aliphatic rings. The van der Waals surface area contributed by atoms with Crippen molar-refractivity contribution in [2.24, 2.45) is 10.8 Å². The molecular weight excluding hydrogens is 409 g/mol. The van der Waals surface area contributed by atoms with Crippen LogP contribution in [0.25, 0.3) is 0 Å². The first-order chi connectivity index (χ1) is 14.7. The van der Waals surface area contributed by atoms with Gasteiger partial charge in [-0.15, -0.1) is 0 Å². The first kappa shape index (κ1) is 26.1. The fourth-order valence-electron chi connectivity index (χ4n) is 2.44. The van der Waals surface area contributed by atoms with Crippen LogP contribution in [0.4, 0.5) is 18.9 Å². The van der Waals surface area contributed by atoms with Crippen molar-refractivity contribution < 1.29 is 22.7 Å². The van der Waals surface area contributed by atoms with E-state index in [0.717, 1.165) is 12.5 Å². The quantitative estimate of drug-likeness (QED) is 0.165. The molecule has 170 valence electrons. The van der Waals surface area contributed by atoms with Crippen LogP contribution in [-0.2, 0) is 4.74 Å². The molecule has 1 aromatic carbocycles. The van der Waals surface area contributed by atoms with Gasteiger partial charge in [-0.2, -0.15) is 13.2 Å². The van der Waals surface area contributed by atoms with Crippen LogP contribution in [0.1, 0.15) is 37.0 Å². The molecule has 1 amide bonds. The average molecular weight is 438 g/mol. The summed E-state index contributed by atoms with van der Waals surface area (Å²) in [5, 5.41) is 3.25. The van der Waals surface area contributed by atoms with Crippen molar-refractivity contribution >= 4 is 18.3 Å². The molecular formula is C22H29F3N4O2. The summed E-state index contributed by atoms with van der Waals surface area (Å²) < 4.78 is 45.9. The minimum Gasteiger partial charge on any atom is -0.380 e. The summed E-state index contributed by atoms with van der Waals surface area (Å²) in [4.78, 5) is 15.6. The van der Waals surface area contributed by atoms with Crippen LogP contribution in [0, 0.1) is 0 Å². The summed E-state index contributed by atoms with van der Waals surface area (Å²) >= 11 is 0. The number of aliphatic imine (C=N–C) groups is 1. The molecule has 0 bridgehead atoms. The molecule has 3 N–H and O–H groups in total. The third kappa shape index (κ3) is 9.63. The Morgan fingerprint density at radius 2 is 1.97 bits per heavy atom. The normalized spacial score (nSPS) is 12.8. The van der Waals surface area contributed by atoms with Crippen LogP contribution in [0.2, 0.25) is 0 Å². The molecule has 9 heteroatoms. The summed E-state index contributed by atoms with van der Waals surface area (Å²) in [5.74, 6) is 5.41. The van der Waals surface area contributed by atoms with Gasteiger partial charge < -0.3 is 10.1 Å². The van der Waals surface area contributed by atoms with Gasteiger partial charge in [-0.3, -0.25) is 14.8 Å². The summed E-state index contributed by atoms with van der Waals surface area (Å²) in [5.41, 5.74) is 0.0942. The van der Waals surface area contributed by atoms with Crippen LogP contribution >= 0.6 is 0 Å². The van der Waals surface area contributed by atoms with E-state index in [0.29, 0.717) is 35.9 Å². The lowest BCUT2D eigenvalue weighted by Crippen LogP contribution is -2.37. The van der Waals surface area contributed by atoms with Crippen LogP contribution < -0.4 is 16.2 Å². The molecule has 0 radical (unpaired) electrons. The Hall–Kier alpha value is -2.91. The third-order valence-electron chi connectivity index (χ3n) is 4.03. The molecule has 0 unspecified atom stereocenters. The molecule has 6 nitrogen and oxygen atoms in total. The molecule has 1 rings (SSSR count). The van der Waals surface area contributed by atoms with E-state index >= 15 is 0 Å². The number of amides is 1. The highest BCUT2D eigenvalue weighted by molar-refractivity contribution is 5.94. The van der Waals surface area contributed by atoms with Gasteiger partial charge >= 0.3 is 6.18 Å². The second-order valence-electron chi connectivity index (χ2n) is 6.61. The number of allylic oxidation sites excluding steroid dienone is 5. The Bertz CT molecular complexity index is 800. The van der Waals surface area contributed by atoms with Crippen molar-refractivity contribution in [2.75, 3.05) is 24.8 Å². The van der Waals surface area contributed by atoms with E-state index in [1.165, 1.54) is 30.5 Å². The van der Waals surface area contributed by atoms with E-state index in [1.54, 1.807) is 19.1 Å². The van der Waals surface area contributed by atoms with E-state index in [-0.39, 0.29) is 18.0 Å². The molecule has 0 fully saturated rings. The second kappa shape index (κ2) is 13.4. The number of rotatable bonds is 12. The highest BCUT2D eigenvalue weighted by atomic mass is 19.4. The molecule has 0 atom stereocenters. The zero-order valence-corrected chi connectivity index (χ0v) is 17.8. The Balaban J connectivity index is 2.86. The average Bonchev–Trinajstić information content (AvgIpc) is 2.72. The number of carbonyl (C=O) groups is 1. The molecule has 0 saturated carbocycles. The standard InChI is InChI=1S/C22H29F3N4O2/c1-4-15-31-16-14-28-21(30)18-8-10-19(11-9-18)29(26)20(22(23,24)25)12-7-17(2)6-5-13-27-3/h5-6,8-13H,3-4,7,14-16,26H2,1-2H3,(H,28,30)/b13-5-,17-6+,20-12-. The topological polar surface area (TPSA) is 80.0 Å². The lowest BCUT2D eigenvalue weighted by molar-refractivity contribution is -0.0936. The molecule has 0 aliphatic carbocycles. The number of alkyl halides is 3. The summed E-state index contributed by atoms with van der Waals surface area (Å²) in [7, 11) is 0. The third-order valence-corrected chi connectivity index (χ3v) is 4.03. The number of benzene rings is 1. The van der Waals surface area contributed by atoms with E-state index < -0.39 is 11.9 Å². The predicted octanol–water partition coefficient (Wildman–Crippen LogP) is 4.52. The number of hydrogen-bond donors (Lipinski definition) is 2. The molecule has 0 saturated heterocycles. The van der Waals surface area contributed by atoms with Gasteiger partial charge in [0.25, 0.3) is 5.91 Å². The van der Waals surface area contributed by atoms with Crippen LogP contribution in [0.15, 0.2) is 65.0 Å². The molecule has 0 heterocycles. The van der Waals surface area contributed by atoms with Gasteiger partial charge in [-0.25, -0.2) is 5.84 Å². The molecule has 31 heavy (non-hydrogen) atoms. The van der Waals surface area contributed by atoms with Crippen molar-refractivity contribution in [3.63, 3.8) is 0 Å². The fourth-order valence-corrected chi connectivity index (χ4v) is 2.44. The number of hydrogen-bond acceptors (Lipinski definition) is 5. The number of nitrogens with zero attached hydrogens (tertiary/aromatic N) is 2. The predicted molar refractivity (Wildman–Crippen MR) is 118 cm³/mol. The molecule has 0 aromatic heterocycles. The fraction of sp³-hybridized carbons (Fsp3) is 0.364. The number of carbonyl (C=O) groups excluding carboxylic acids is 1. The zero-order chi connectivity index (χ0) is 23.3. The summed E-state index contributed by atoms with van der Waals surface area (Å²) in [6.07, 6.45) is 1.96. The Kier molecular flexibility index (Phi) is 11.3. The first-order valence-corrected chi connectivity index (χ1v) is 9.77. The zero-order valence-electron chi connectivity index (χ0n) is 17.8. The highest BCUT2D eigenvalue weighted by Gasteiger charge is 2.37. The van der Waals surface area contributed by atoms with Crippen molar-refractivity contribution in [1.82, 2.24) is 5.32 Å². The van der Waals surface area contributed by atoms with Gasteiger partial charge in [0.15, 0.2) is 0 Å². The Morgan fingerprint density at radius 3 is 2.55 bits per heavy atom. The molecule has 0 spiro atoms.